The molecule has 0 bridgehead atoms. The minimum Gasteiger partial charge on any atom is -0.377 e. The summed E-state index contributed by atoms with van der Waals surface area (Å²) in [6, 6.07) is 0. The highest BCUT2D eigenvalue weighted by Crippen LogP contribution is 2.34. The molecule has 1 aliphatic carbocycles. The standard InChI is InChI=1S/C11H22O3Si/c1-12-15(13-2,14-3)11-9-7-5-4-6-8-10-11/h4-5,11H,6-10H2,1-3H3/b5-4-. The van der Waals surface area contributed by atoms with Crippen LogP contribution in [-0.4, -0.2) is 30.1 Å². The fourth-order valence-corrected chi connectivity index (χ4v) is 4.84. The molecule has 1 unspecified atom stereocenters. The van der Waals surface area contributed by atoms with E-state index < -0.39 is 8.80 Å². The number of hydrogen-bond acceptors (Lipinski definition) is 3. The Bertz CT molecular complexity index is 194. The molecule has 0 heterocycles. The molecule has 0 amide bonds. The molecule has 0 radical (unpaired) electrons. The van der Waals surface area contributed by atoms with Gasteiger partial charge in [0, 0.05) is 26.9 Å². The molecule has 1 rings (SSSR count). The van der Waals surface area contributed by atoms with E-state index in [0.29, 0.717) is 5.54 Å². The Labute approximate surface area is 93.8 Å². The van der Waals surface area contributed by atoms with E-state index >= 15 is 0 Å². The van der Waals surface area contributed by atoms with E-state index in [1.54, 1.807) is 21.3 Å². The maximum Gasteiger partial charge on any atom is 0.503 e. The predicted molar refractivity (Wildman–Crippen MR) is 62.8 cm³/mol. The fraction of sp³-hybridized carbons (Fsp3) is 0.818. The van der Waals surface area contributed by atoms with Crippen molar-refractivity contribution in [3.8, 4) is 0 Å². The van der Waals surface area contributed by atoms with Gasteiger partial charge in [0.15, 0.2) is 0 Å². The first-order chi connectivity index (χ1) is 7.29. The van der Waals surface area contributed by atoms with Crippen LogP contribution in [0.1, 0.15) is 32.1 Å². The second kappa shape index (κ2) is 6.43. The Kier molecular flexibility index (Phi) is 5.53. The monoisotopic (exact) mass is 230 g/mol. The molecular formula is C11H22O3Si. The third-order valence-electron chi connectivity index (χ3n) is 3.13. The fourth-order valence-electron chi connectivity index (χ4n) is 2.26. The van der Waals surface area contributed by atoms with E-state index in [1.807, 2.05) is 0 Å². The molecule has 0 aromatic heterocycles. The third kappa shape index (κ3) is 3.14. The van der Waals surface area contributed by atoms with Gasteiger partial charge in [0.05, 0.1) is 0 Å². The quantitative estimate of drug-likeness (QED) is 0.549. The second-order valence-electron chi connectivity index (χ2n) is 3.89. The van der Waals surface area contributed by atoms with Gasteiger partial charge in [-0.15, -0.1) is 0 Å². The predicted octanol–water partition coefficient (Wildman–Crippen LogP) is 2.76. The van der Waals surface area contributed by atoms with E-state index in [4.69, 9.17) is 13.3 Å². The van der Waals surface area contributed by atoms with Crippen LogP contribution in [0.3, 0.4) is 0 Å². The van der Waals surface area contributed by atoms with Gasteiger partial charge in [-0.1, -0.05) is 12.2 Å². The van der Waals surface area contributed by atoms with E-state index in [9.17, 15) is 0 Å². The van der Waals surface area contributed by atoms with E-state index in [-0.39, 0.29) is 0 Å². The summed E-state index contributed by atoms with van der Waals surface area (Å²) < 4.78 is 16.6. The largest absolute Gasteiger partial charge is 0.503 e. The van der Waals surface area contributed by atoms with Crippen LogP contribution in [0.4, 0.5) is 0 Å². The van der Waals surface area contributed by atoms with E-state index in [2.05, 4.69) is 12.2 Å². The Morgan fingerprint density at radius 2 is 1.53 bits per heavy atom. The van der Waals surface area contributed by atoms with Gasteiger partial charge in [0.2, 0.25) is 0 Å². The summed E-state index contributed by atoms with van der Waals surface area (Å²) in [4.78, 5) is 0. The average molecular weight is 230 g/mol. The molecule has 0 spiro atoms. The summed E-state index contributed by atoms with van der Waals surface area (Å²) in [5, 5.41) is 0. The molecule has 4 heteroatoms. The molecule has 15 heavy (non-hydrogen) atoms. The van der Waals surface area contributed by atoms with Gasteiger partial charge < -0.3 is 13.3 Å². The molecule has 0 fully saturated rings. The Balaban J connectivity index is 2.68. The van der Waals surface area contributed by atoms with E-state index in [0.717, 1.165) is 25.7 Å². The van der Waals surface area contributed by atoms with Crippen molar-refractivity contribution in [3.63, 3.8) is 0 Å². The van der Waals surface area contributed by atoms with Gasteiger partial charge in [0.1, 0.15) is 0 Å². The molecule has 0 saturated carbocycles. The average Bonchev–Trinajstić information content (AvgIpc) is 2.23. The van der Waals surface area contributed by atoms with Crippen LogP contribution < -0.4 is 0 Å². The number of rotatable bonds is 4. The summed E-state index contributed by atoms with van der Waals surface area (Å²) in [7, 11) is 2.70. The summed E-state index contributed by atoms with van der Waals surface area (Å²) in [5.74, 6) is 0. The zero-order chi connectivity index (χ0) is 11.1. The minimum atomic E-state index is -2.41. The highest BCUT2D eigenvalue weighted by molar-refractivity contribution is 6.62. The smallest absolute Gasteiger partial charge is 0.377 e. The van der Waals surface area contributed by atoms with Crippen molar-refractivity contribution in [2.45, 2.75) is 37.6 Å². The van der Waals surface area contributed by atoms with Crippen molar-refractivity contribution in [2.24, 2.45) is 0 Å². The Morgan fingerprint density at radius 3 is 2.13 bits per heavy atom. The summed E-state index contributed by atoms with van der Waals surface area (Å²) in [6.07, 6.45) is 10.3. The molecule has 0 aromatic carbocycles. The molecule has 88 valence electrons. The number of hydrogen-bond donors (Lipinski definition) is 0. The lowest BCUT2D eigenvalue weighted by molar-refractivity contribution is 0.107. The van der Waals surface area contributed by atoms with Crippen molar-refractivity contribution in [2.75, 3.05) is 21.3 Å². The van der Waals surface area contributed by atoms with E-state index in [1.165, 1.54) is 6.42 Å². The SMILES string of the molecule is CO[Si](OC)(OC)C1CC/C=C\CCC1. The van der Waals surface area contributed by atoms with Gasteiger partial charge in [-0.3, -0.25) is 0 Å². The molecule has 0 aromatic rings. The summed E-state index contributed by atoms with van der Waals surface area (Å²) in [5.41, 5.74) is 0.447. The topological polar surface area (TPSA) is 27.7 Å². The van der Waals surface area contributed by atoms with Gasteiger partial charge in [0.25, 0.3) is 0 Å². The van der Waals surface area contributed by atoms with Crippen LogP contribution in [0, 0.1) is 0 Å². The normalized spacial score (nSPS) is 25.7. The van der Waals surface area contributed by atoms with Crippen LogP contribution in [0.25, 0.3) is 0 Å². The molecule has 0 N–H and O–H groups in total. The van der Waals surface area contributed by atoms with Crippen molar-refractivity contribution < 1.29 is 13.3 Å². The van der Waals surface area contributed by atoms with Crippen molar-refractivity contribution >= 4 is 8.80 Å². The summed E-state index contributed by atoms with van der Waals surface area (Å²) >= 11 is 0. The van der Waals surface area contributed by atoms with Crippen LogP contribution in [0.2, 0.25) is 5.54 Å². The lowest BCUT2D eigenvalue weighted by Crippen LogP contribution is -2.47. The minimum absolute atomic E-state index is 0.447. The highest BCUT2D eigenvalue weighted by atomic mass is 28.4. The Hall–Kier alpha value is -0.163. The van der Waals surface area contributed by atoms with Gasteiger partial charge in [-0.2, -0.15) is 0 Å². The maximum atomic E-state index is 5.54. The third-order valence-corrected chi connectivity index (χ3v) is 6.41. The molecule has 3 nitrogen and oxygen atoms in total. The zero-order valence-corrected chi connectivity index (χ0v) is 11.0. The zero-order valence-electron chi connectivity index (χ0n) is 9.99. The first-order valence-corrected chi connectivity index (χ1v) is 7.39. The molecular weight excluding hydrogens is 208 g/mol. The van der Waals surface area contributed by atoms with Crippen molar-refractivity contribution in [1.29, 1.82) is 0 Å². The first kappa shape index (κ1) is 12.9. The van der Waals surface area contributed by atoms with Crippen molar-refractivity contribution in [1.82, 2.24) is 0 Å². The highest BCUT2D eigenvalue weighted by Gasteiger charge is 2.46. The van der Waals surface area contributed by atoms with Crippen LogP contribution in [-0.2, 0) is 13.3 Å². The molecule has 0 aliphatic heterocycles. The molecule has 1 atom stereocenters. The van der Waals surface area contributed by atoms with Gasteiger partial charge in [-0.05, 0) is 32.1 Å². The summed E-state index contributed by atoms with van der Waals surface area (Å²) in [6.45, 7) is 0. The Morgan fingerprint density at radius 1 is 0.933 bits per heavy atom. The lowest BCUT2D eigenvalue weighted by Gasteiger charge is -2.32. The first-order valence-electron chi connectivity index (χ1n) is 5.59. The van der Waals surface area contributed by atoms with Crippen LogP contribution in [0.5, 0.6) is 0 Å². The van der Waals surface area contributed by atoms with Crippen molar-refractivity contribution in [3.05, 3.63) is 12.2 Å². The van der Waals surface area contributed by atoms with Crippen LogP contribution >= 0.6 is 0 Å². The maximum absolute atomic E-state index is 5.54. The van der Waals surface area contributed by atoms with Gasteiger partial charge >= 0.3 is 8.80 Å². The second-order valence-corrected chi connectivity index (χ2v) is 7.14. The number of allylic oxidation sites excluding steroid dienone is 2. The molecule has 0 saturated heterocycles. The molecule has 1 aliphatic rings. The lowest BCUT2D eigenvalue weighted by atomic mass is 10.1. The van der Waals surface area contributed by atoms with Gasteiger partial charge in [-0.25, -0.2) is 0 Å². The van der Waals surface area contributed by atoms with Crippen LogP contribution in [0.15, 0.2) is 12.2 Å².